The van der Waals surface area contributed by atoms with Gasteiger partial charge in [-0.05, 0) is 143 Å². The number of aromatic nitrogens is 2. The minimum absolute atomic E-state index is 0.0349. The van der Waals surface area contributed by atoms with Crippen LogP contribution in [0.25, 0.3) is 11.1 Å². The lowest BCUT2D eigenvalue weighted by molar-refractivity contribution is -0.120. The second-order valence-electron chi connectivity index (χ2n) is 18.9. The number of nitrogens with two attached hydrogens (primary N) is 1. The summed E-state index contributed by atoms with van der Waals surface area (Å²) in [5.74, 6) is -0.753. The van der Waals surface area contributed by atoms with E-state index in [9.17, 15) is 24.4 Å². The smallest absolute Gasteiger partial charge is 0.269 e. The SMILES string of the molecule is C=C(/C=C(\C#N)C(=O)C(C)C(C)CCC(CCC)c1cc(C(=O)NCP(C)OCC(C)(C)NC(=O)c2ccc(-c3ccc4c(c3)CC[C@H](C)N4C(C)=O)cc2)n(C)n1)S/C=C\CCC.C=C(N)/C=C\C.CC. The Kier molecular flexibility index (Phi) is 27.7. The molecule has 5 atom stereocenters. The summed E-state index contributed by atoms with van der Waals surface area (Å²) in [6.07, 6.45) is 14.8. The number of nitrogens with one attached hydrogen (secondary N) is 2. The van der Waals surface area contributed by atoms with E-state index in [4.69, 9.17) is 15.4 Å². The number of anilines is 1. The van der Waals surface area contributed by atoms with Crippen molar-refractivity contribution in [3.05, 3.63) is 130 Å². The van der Waals surface area contributed by atoms with Crippen LogP contribution in [0.2, 0.25) is 0 Å². The fourth-order valence-electron chi connectivity index (χ4n) is 8.08. The van der Waals surface area contributed by atoms with Gasteiger partial charge < -0.3 is 25.8 Å². The molecule has 0 aliphatic carbocycles. The molecule has 14 heteroatoms. The van der Waals surface area contributed by atoms with Gasteiger partial charge in [0.05, 0.1) is 29.7 Å². The summed E-state index contributed by atoms with van der Waals surface area (Å²) in [6.45, 7) is 31.2. The first-order chi connectivity index (χ1) is 34.2. The quantitative estimate of drug-likeness (QED) is 0.0342. The van der Waals surface area contributed by atoms with Crippen molar-refractivity contribution >= 4 is 49.1 Å². The van der Waals surface area contributed by atoms with Crippen LogP contribution in [0.1, 0.15) is 159 Å². The molecule has 0 radical (unpaired) electrons. The summed E-state index contributed by atoms with van der Waals surface area (Å²) >= 11 is 1.41. The topological polar surface area (TPSA) is 172 Å². The van der Waals surface area contributed by atoms with Crippen LogP contribution in [0.3, 0.4) is 0 Å². The van der Waals surface area contributed by atoms with E-state index in [0.29, 0.717) is 28.1 Å². The number of hydrogen-bond donors (Lipinski definition) is 3. The van der Waals surface area contributed by atoms with E-state index in [1.165, 1.54) is 11.8 Å². The number of amides is 3. The maximum Gasteiger partial charge on any atom is 0.269 e. The van der Waals surface area contributed by atoms with Gasteiger partial charge in [-0.2, -0.15) is 10.4 Å². The van der Waals surface area contributed by atoms with Crippen molar-refractivity contribution < 1.29 is 23.7 Å². The Labute approximate surface area is 437 Å². The summed E-state index contributed by atoms with van der Waals surface area (Å²) in [5.41, 5.74) is 11.2. The maximum atomic E-state index is 13.4. The molecule has 0 saturated carbocycles. The number of benzene rings is 2. The Morgan fingerprint density at radius 3 is 2.28 bits per heavy atom. The number of rotatable bonds is 24. The zero-order valence-corrected chi connectivity index (χ0v) is 47.3. The van der Waals surface area contributed by atoms with Crippen LogP contribution in [0.4, 0.5) is 5.69 Å². The second kappa shape index (κ2) is 31.8. The molecule has 0 saturated heterocycles. The third-order valence-corrected chi connectivity index (χ3v) is 14.2. The zero-order valence-electron chi connectivity index (χ0n) is 45.6. The van der Waals surface area contributed by atoms with Crippen molar-refractivity contribution in [2.24, 2.45) is 24.6 Å². The molecule has 2 aromatic carbocycles. The standard InChI is InChI=1S/C51H69N6O5PS.C5H9N.C2H6/c1-12-14-15-27-64-36(5)28-44(31-52)48(59)37(6)34(3)17-19-40(16-13-2)45-30-47(56(10)55-45)50(61)53-33-63(11)62-32-51(8,9)54-49(60)41-23-21-39(22-24-41)42-25-26-46-43(29-42)20-18-35(4)57(46)38(7)58;1-3-4-5(2)6;1-2/h15,21-30,34-35,37,40H,5,12-14,16-20,32-33H2,1-4,6-11H3,(H,53,61)(H,54,60);3-4H,2,6H2,1H3;1-2H3/b27-15-,44-28+;4-3-;/t34?,35-,37?,40?,63?;;/m0../s1. The lowest BCUT2D eigenvalue weighted by atomic mass is 9.82. The lowest BCUT2D eigenvalue weighted by Gasteiger charge is -2.34. The van der Waals surface area contributed by atoms with Crippen molar-refractivity contribution in [2.45, 2.75) is 145 Å². The maximum absolute atomic E-state index is 13.4. The molecule has 12 nitrogen and oxygen atoms in total. The van der Waals surface area contributed by atoms with E-state index in [2.05, 4.69) is 69.7 Å². The first kappa shape index (κ1) is 62.6. The van der Waals surface area contributed by atoms with E-state index in [-0.39, 0.29) is 59.5 Å². The van der Waals surface area contributed by atoms with Gasteiger partial charge >= 0.3 is 0 Å². The molecule has 392 valence electrons. The van der Waals surface area contributed by atoms with Gasteiger partial charge in [0.15, 0.2) is 5.78 Å². The number of aryl methyl sites for hydroxylation is 2. The minimum atomic E-state index is -1.05. The number of nitrogens with zero attached hydrogens (tertiary/aromatic N) is 4. The molecular weight excluding hydrogens is 938 g/mol. The van der Waals surface area contributed by atoms with Gasteiger partial charge in [0.2, 0.25) is 5.91 Å². The van der Waals surface area contributed by atoms with Gasteiger partial charge in [0, 0.05) is 61.9 Å². The first-order valence-electron chi connectivity index (χ1n) is 25.4. The largest absolute Gasteiger partial charge is 0.399 e. The normalized spacial score (nSPS) is 15.1. The number of fused-ring (bicyclic) bond motifs is 1. The molecule has 72 heavy (non-hydrogen) atoms. The molecular formula is C58H84N7O5PS. The zero-order chi connectivity index (χ0) is 54.1. The second-order valence-corrected chi connectivity index (χ2v) is 21.7. The summed E-state index contributed by atoms with van der Waals surface area (Å²) in [6, 6.07) is 17.9. The highest BCUT2D eigenvalue weighted by atomic mass is 32.2. The van der Waals surface area contributed by atoms with Gasteiger partial charge in [-0.1, -0.05) is 110 Å². The van der Waals surface area contributed by atoms with Gasteiger partial charge in [0.25, 0.3) is 11.8 Å². The molecule has 3 aromatic rings. The summed E-state index contributed by atoms with van der Waals surface area (Å²) in [4.78, 5) is 54.9. The number of unbranched alkanes of at least 4 members (excludes halogenated alkanes) is 1. The molecule has 3 amide bonds. The van der Waals surface area contributed by atoms with Crippen molar-refractivity contribution in [3.8, 4) is 17.2 Å². The number of allylic oxidation sites excluding steroid dienone is 5. The highest BCUT2D eigenvalue weighted by Crippen LogP contribution is 2.36. The van der Waals surface area contributed by atoms with E-state index in [1.807, 2.05) is 107 Å². The Morgan fingerprint density at radius 2 is 1.69 bits per heavy atom. The van der Waals surface area contributed by atoms with Crippen molar-refractivity contribution in [2.75, 3.05) is 24.5 Å². The van der Waals surface area contributed by atoms with E-state index in [1.54, 1.807) is 30.8 Å². The third kappa shape index (κ3) is 20.2. The van der Waals surface area contributed by atoms with Crippen LogP contribution in [-0.4, -0.2) is 64.4 Å². The molecule has 0 spiro atoms. The predicted octanol–water partition coefficient (Wildman–Crippen LogP) is 13.3. The summed E-state index contributed by atoms with van der Waals surface area (Å²) in [7, 11) is 0.725. The Hall–Kier alpha value is -5.54. The number of hydrogen-bond acceptors (Lipinski definition) is 9. The number of thioether (sulfide) groups is 1. The average molecular weight is 1020 g/mol. The molecule has 1 aromatic heterocycles. The van der Waals surface area contributed by atoms with Gasteiger partial charge in [-0.15, -0.1) is 0 Å². The lowest BCUT2D eigenvalue weighted by Crippen LogP contribution is -2.46. The summed E-state index contributed by atoms with van der Waals surface area (Å²) in [5, 5.41) is 22.6. The molecule has 1 aliphatic rings. The molecule has 4 unspecified atom stereocenters. The molecule has 2 heterocycles. The van der Waals surface area contributed by atoms with Gasteiger partial charge in [-0.3, -0.25) is 23.9 Å². The van der Waals surface area contributed by atoms with Crippen LogP contribution < -0.4 is 21.3 Å². The molecule has 4 N–H and O–H groups in total. The van der Waals surface area contributed by atoms with Crippen LogP contribution in [0.5, 0.6) is 0 Å². The summed E-state index contributed by atoms with van der Waals surface area (Å²) < 4.78 is 7.80. The molecule has 1 aliphatic heterocycles. The number of carbonyl (C=O) groups excluding carboxylic acids is 4. The Morgan fingerprint density at radius 1 is 1.03 bits per heavy atom. The Balaban J connectivity index is 0.00000206. The van der Waals surface area contributed by atoms with Crippen molar-refractivity contribution in [1.29, 1.82) is 5.26 Å². The number of nitriles is 1. The number of Topliss-reactive ketones (excluding diaryl/α,β-unsaturated/α-hetero) is 1. The molecule has 0 bridgehead atoms. The first-order valence-corrected chi connectivity index (χ1v) is 28.2. The highest BCUT2D eigenvalue weighted by molar-refractivity contribution is 8.06. The van der Waals surface area contributed by atoms with Crippen molar-refractivity contribution in [3.63, 3.8) is 0 Å². The third-order valence-electron chi connectivity index (χ3n) is 12.3. The molecule has 4 rings (SSSR count). The van der Waals surface area contributed by atoms with E-state index >= 15 is 0 Å². The number of ketones is 1. The minimum Gasteiger partial charge on any atom is -0.399 e. The van der Waals surface area contributed by atoms with E-state index < -0.39 is 13.7 Å². The van der Waals surface area contributed by atoms with Crippen LogP contribution in [-0.2, 0) is 27.6 Å². The van der Waals surface area contributed by atoms with Crippen molar-refractivity contribution in [1.82, 2.24) is 20.4 Å². The highest BCUT2D eigenvalue weighted by Gasteiger charge is 2.28. The van der Waals surface area contributed by atoms with Gasteiger partial charge in [0.1, 0.15) is 11.8 Å². The van der Waals surface area contributed by atoms with Crippen LogP contribution >= 0.6 is 19.9 Å². The fourth-order valence-corrected chi connectivity index (χ4v) is 9.67. The number of carbonyl (C=O) groups is 4. The predicted molar refractivity (Wildman–Crippen MR) is 303 cm³/mol. The fraction of sp³-hybridized carbons (Fsp3) is 0.483. The Bertz CT molecular complexity index is 2410. The van der Waals surface area contributed by atoms with Crippen LogP contribution in [0.15, 0.2) is 108 Å². The van der Waals surface area contributed by atoms with Crippen LogP contribution in [0, 0.1) is 23.2 Å². The monoisotopic (exact) mass is 1020 g/mol. The molecule has 0 fully saturated rings. The van der Waals surface area contributed by atoms with Gasteiger partial charge in [-0.25, -0.2) is 0 Å². The van der Waals surface area contributed by atoms with E-state index in [0.717, 1.165) is 79.4 Å². The average Bonchev–Trinajstić information content (AvgIpc) is 3.75.